The van der Waals surface area contributed by atoms with Gasteiger partial charge in [-0.3, -0.25) is 0 Å². The second kappa shape index (κ2) is 14.1. The summed E-state index contributed by atoms with van der Waals surface area (Å²) in [6, 6.07) is 80.6. The first-order valence-corrected chi connectivity index (χ1v) is 19.8. The van der Waals surface area contributed by atoms with Crippen molar-refractivity contribution in [1.29, 1.82) is 0 Å². The van der Waals surface area contributed by atoms with Gasteiger partial charge in [0.2, 0.25) is 0 Å². The smallest absolute Gasteiger partial charge is 0.143 e. The second-order valence-electron chi connectivity index (χ2n) is 14.9. The third kappa shape index (κ3) is 6.00. The Bertz CT molecular complexity index is 3250. The Labute approximate surface area is 337 Å². The van der Waals surface area contributed by atoms with Crippen LogP contribution in [0.25, 0.3) is 88.0 Å². The second-order valence-corrected chi connectivity index (χ2v) is 14.9. The van der Waals surface area contributed by atoms with E-state index in [1.807, 2.05) is 6.07 Å². The molecule has 10 aromatic carbocycles. The van der Waals surface area contributed by atoms with Crippen LogP contribution in [0.2, 0.25) is 0 Å². The van der Waals surface area contributed by atoms with E-state index < -0.39 is 0 Å². The van der Waals surface area contributed by atoms with Crippen LogP contribution in [0.3, 0.4) is 0 Å². The topological polar surface area (TPSA) is 16.4 Å². The van der Waals surface area contributed by atoms with Gasteiger partial charge in [-0.15, -0.1) is 0 Å². The van der Waals surface area contributed by atoms with E-state index in [-0.39, 0.29) is 0 Å². The summed E-state index contributed by atoms with van der Waals surface area (Å²) in [5.74, 6) is 0. The summed E-state index contributed by atoms with van der Waals surface area (Å²) in [5, 5.41) is 7.16. The van der Waals surface area contributed by atoms with E-state index in [4.69, 9.17) is 4.42 Å². The quantitative estimate of drug-likeness (QED) is 0.162. The van der Waals surface area contributed by atoms with Crippen LogP contribution >= 0.6 is 0 Å². The molecule has 11 rings (SSSR count). The molecule has 0 atom stereocenters. The van der Waals surface area contributed by atoms with Gasteiger partial charge in [0, 0.05) is 33.4 Å². The molecule has 0 unspecified atom stereocenters. The molecule has 58 heavy (non-hydrogen) atoms. The average molecular weight is 740 g/mol. The fraction of sp³-hybridized carbons (Fsp3) is 0. The Morgan fingerprint density at radius 2 is 0.759 bits per heavy atom. The molecule has 2 heteroatoms. The van der Waals surface area contributed by atoms with Crippen molar-refractivity contribution in [2.24, 2.45) is 0 Å². The highest BCUT2D eigenvalue weighted by Gasteiger charge is 2.19. The fourth-order valence-electron chi connectivity index (χ4n) is 8.50. The molecule has 0 aliphatic heterocycles. The zero-order valence-electron chi connectivity index (χ0n) is 31.7. The van der Waals surface area contributed by atoms with Gasteiger partial charge in [-0.05, 0) is 121 Å². The number of hydrogen-bond acceptors (Lipinski definition) is 2. The summed E-state index contributed by atoms with van der Waals surface area (Å²) in [7, 11) is 0. The minimum atomic E-state index is 0.896. The Morgan fingerprint density at radius 3 is 1.40 bits per heavy atom. The number of para-hydroxylation sites is 1. The standard InChI is InChI=1S/C56H37NO/c1-2-10-38(11-3-1)41-22-28-48(29-23-41)57(49-30-24-42(25-31-49)46-20-18-39-12-4-6-14-44(39)36-46)50-32-26-43(27-33-50)51-34-35-53-52-16-8-9-17-54(52)58-56(53)55(51)47-21-19-40-13-5-7-15-45(40)37-47/h1-37H. The summed E-state index contributed by atoms with van der Waals surface area (Å²) in [5.41, 5.74) is 14.3. The predicted molar refractivity (Wildman–Crippen MR) is 245 cm³/mol. The minimum Gasteiger partial charge on any atom is -0.455 e. The molecule has 1 aromatic heterocycles. The molecule has 0 bridgehead atoms. The monoisotopic (exact) mass is 739 g/mol. The molecule has 0 amide bonds. The van der Waals surface area contributed by atoms with E-state index in [0.717, 1.165) is 61.3 Å². The molecular weight excluding hydrogens is 703 g/mol. The molecule has 0 aliphatic rings. The first-order valence-electron chi connectivity index (χ1n) is 19.8. The molecule has 272 valence electrons. The molecule has 0 radical (unpaired) electrons. The van der Waals surface area contributed by atoms with Crippen molar-refractivity contribution in [3.63, 3.8) is 0 Å². The van der Waals surface area contributed by atoms with Crippen molar-refractivity contribution in [3.05, 3.63) is 224 Å². The van der Waals surface area contributed by atoms with Gasteiger partial charge in [-0.25, -0.2) is 0 Å². The lowest BCUT2D eigenvalue weighted by Gasteiger charge is -2.26. The molecule has 2 nitrogen and oxygen atoms in total. The van der Waals surface area contributed by atoms with Crippen LogP contribution in [0.1, 0.15) is 0 Å². The zero-order valence-corrected chi connectivity index (χ0v) is 31.7. The third-order valence-electron chi connectivity index (χ3n) is 11.5. The van der Waals surface area contributed by atoms with Crippen LogP contribution in [0, 0.1) is 0 Å². The van der Waals surface area contributed by atoms with E-state index in [2.05, 4.69) is 223 Å². The summed E-state index contributed by atoms with van der Waals surface area (Å²) < 4.78 is 6.69. The highest BCUT2D eigenvalue weighted by Crippen LogP contribution is 2.44. The van der Waals surface area contributed by atoms with Crippen LogP contribution < -0.4 is 4.90 Å². The van der Waals surface area contributed by atoms with Crippen molar-refractivity contribution in [1.82, 2.24) is 0 Å². The van der Waals surface area contributed by atoms with Gasteiger partial charge in [0.25, 0.3) is 0 Å². The molecule has 0 aliphatic carbocycles. The van der Waals surface area contributed by atoms with Gasteiger partial charge < -0.3 is 9.32 Å². The first kappa shape index (κ1) is 33.6. The highest BCUT2D eigenvalue weighted by atomic mass is 16.3. The fourth-order valence-corrected chi connectivity index (χ4v) is 8.50. The van der Waals surface area contributed by atoms with E-state index in [1.54, 1.807) is 0 Å². The Hall–Kier alpha value is -7.68. The van der Waals surface area contributed by atoms with Crippen LogP contribution in [0.15, 0.2) is 229 Å². The van der Waals surface area contributed by atoms with Crippen molar-refractivity contribution in [2.45, 2.75) is 0 Å². The maximum absolute atomic E-state index is 6.69. The third-order valence-corrected chi connectivity index (χ3v) is 11.5. The SMILES string of the molecule is c1ccc(-c2ccc(N(c3ccc(-c4ccc5ccccc5c4)cc3)c3ccc(-c4ccc5c(oc6ccccc65)c4-c4ccc5ccccc5c4)cc3)cc2)cc1. The Balaban J connectivity index is 1.02. The van der Waals surface area contributed by atoms with Gasteiger partial charge in [0.15, 0.2) is 0 Å². The van der Waals surface area contributed by atoms with Crippen LogP contribution in [-0.2, 0) is 0 Å². The molecule has 0 spiro atoms. The van der Waals surface area contributed by atoms with Crippen LogP contribution in [0.4, 0.5) is 17.1 Å². The molecular formula is C56H37NO. The van der Waals surface area contributed by atoms with Gasteiger partial charge in [-0.2, -0.15) is 0 Å². The summed E-state index contributed by atoms with van der Waals surface area (Å²) in [4.78, 5) is 2.34. The zero-order chi connectivity index (χ0) is 38.4. The van der Waals surface area contributed by atoms with Gasteiger partial charge in [-0.1, -0.05) is 164 Å². The summed E-state index contributed by atoms with van der Waals surface area (Å²) >= 11 is 0. The largest absolute Gasteiger partial charge is 0.455 e. The Morgan fingerprint density at radius 1 is 0.293 bits per heavy atom. The lowest BCUT2D eigenvalue weighted by atomic mass is 9.91. The van der Waals surface area contributed by atoms with Gasteiger partial charge in [0.05, 0.1) is 0 Å². The molecule has 0 saturated heterocycles. The number of rotatable bonds is 7. The van der Waals surface area contributed by atoms with Crippen LogP contribution in [0.5, 0.6) is 0 Å². The van der Waals surface area contributed by atoms with Crippen molar-refractivity contribution in [3.8, 4) is 44.5 Å². The van der Waals surface area contributed by atoms with Gasteiger partial charge >= 0.3 is 0 Å². The number of hydrogen-bond donors (Lipinski definition) is 0. The lowest BCUT2D eigenvalue weighted by molar-refractivity contribution is 0.670. The first-order chi connectivity index (χ1) is 28.7. The van der Waals surface area contributed by atoms with Gasteiger partial charge in [0.1, 0.15) is 11.2 Å². The van der Waals surface area contributed by atoms with E-state index in [0.29, 0.717) is 0 Å². The number of fused-ring (bicyclic) bond motifs is 5. The Kier molecular flexibility index (Phi) is 8.19. The maximum atomic E-state index is 6.69. The lowest BCUT2D eigenvalue weighted by Crippen LogP contribution is -2.09. The van der Waals surface area contributed by atoms with Crippen molar-refractivity contribution in [2.75, 3.05) is 4.90 Å². The minimum absolute atomic E-state index is 0.896. The number of benzene rings is 10. The number of furan rings is 1. The van der Waals surface area contributed by atoms with E-state index in [9.17, 15) is 0 Å². The number of nitrogens with zero attached hydrogens (tertiary/aromatic N) is 1. The molecule has 11 aromatic rings. The van der Waals surface area contributed by atoms with Crippen LogP contribution in [-0.4, -0.2) is 0 Å². The van der Waals surface area contributed by atoms with E-state index in [1.165, 1.54) is 43.8 Å². The summed E-state index contributed by atoms with van der Waals surface area (Å²) in [6.07, 6.45) is 0. The summed E-state index contributed by atoms with van der Waals surface area (Å²) in [6.45, 7) is 0. The van der Waals surface area contributed by atoms with Crippen molar-refractivity contribution >= 4 is 60.5 Å². The predicted octanol–water partition coefficient (Wildman–Crippen LogP) is 16.0. The van der Waals surface area contributed by atoms with Crippen molar-refractivity contribution < 1.29 is 4.42 Å². The van der Waals surface area contributed by atoms with E-state index >= 15 is 0 Å². The molecule has 0 saturated carbocycles. The number of anilines is 3. The average Bonchev–Trinajstić information content (AvgIpc) is 3.68. The normalized spacial score (nSPS) is 11.4. The molecule has 0 N–H and O–H groups in total. The molecule has 1 heterocycles. The highest BCUT2D eigenvalue weighted by molar-refractivity contribution is 6.13. The maximum Gasteiger partial charge on any atom is 0.143 e. The molecule has 0 fully saturated rings.